The molecule has 23 heavy (non-hydrogen) atoms. The first kappa shape index (κ1) is 17.1. The van der Waals surface area contributed by atoms with Gasteiger partial charge in [0.2, 0.25) is 5.91 Å². The minimum absolute atomic E-state index is 0.102. The fourth-order valence-corrected chi connectivity index (χ4v) is 2.46. The predicted octanol–water partition coefficient (Wildman–Crippen LogP) is 2.92. The number of ether oxygens (including phenoxy) is 1. The van der Waals surface area contributed by atoms with Crippen LogP contribution in [-0.2, 0) is 17.8 Å². The van der Waals surface area contributed by atoms with Gasteiger partial charge in [-0.05, 0) is 36.8 Å². The third-order valence-electron chi connectivity index (χ3n) is 3.26. The fraction of sp³-hybridized carbons (Fsp3) is 0.250. The van der Waals surface area contributed by atoms with Crippen LogP contribution in [0.2, 0.25) is 0 Å². The lowest BCUT2D eigenvalue weighted by atomic mass is 10.1. The van der Waals surface area contributed by atoms with Crippen LogP contribution in [0.5, 0.6) is 5.75 Å². The number of halogens is 1. The lowest BCUT2D eigenvalue weighted by Gasteiger charge is -2.07. The van der Waals surface area contributed by atoms with Crippen LogP contribution in [0.25, 0.3) is 0 Å². The minimum atomic E-state index is -1.05. The number of furan rings is 1. The highest BCUT2D eigenvalue weighted by Gasteiger charge is 2.14. The molecule has 0 unspecified atom stereocenters. The van der Waals surface area contributed by atoms with E-state index in [4.69, 9.17) is 14.3 Å². The van der Waals surface area contributed by atoms with Crippen molar-refractivity contribution in [2.75, 3.05) is 7.11 Å². The van der Waals surface area contributed by atoms with E-state index in [9.17, 15) is 9.59 Å². The van der Waals surface area contributed by atoms with E-state index in [0.29, 0.717) is 17.3 Å². The Morgan fingerprint density at radius 2 is 2.09 bits per heavy atom. The summed E-state index contributed by atoms with van der Waals surface area (Å²) in [6.45, 7) is 1.71. The highest BCUT2D eigenvalue weighted by molar-refractivity contribution is 9.10. The molecule has 0 fully saturated rings. The number of benzene rings is 1. The van der Waals surface area contributed by atoms with Crippen LogP contribution in [-0.4, -0.2) is 24.1 Å². The molecule has 7 heteroatoms. The SMILES string of the molecule is COc1ccc(Br)c(CC(=O)NCc2cc(C(=O)O)c(C)o2)c1. The first-order valence-electron chi connectivity index (χ1n) is 6.82. The number of hydrogen-bond donors (Lipinski definition) is 2. The number of aromatic carboxylic acids is 1. The number of carboxylic acid groups (broad SMARTS) is 1. The Morgan fingerprint density at radius 3 is 2.70 bits per heavy atom. The topological polar surface area (TPSA) is 88.8 Å². The van der Waals surface area contributed by atoms with E-state index in [1.807, 2.05) is 6.07 Å². The second-order valence-corrected chi connectivity index (χ2v) is 5.75. The number of rotatable bonds is 6. The average Bonchev–Trinajstić information content (AvgIpc) is 2.89. The van der Waals surface area contributed by atoms with E-state index in [-0.39, 0.29) is 24.4 Å². The summed E-state index contributed by atoms with van der Waals surface area (Å²) in [5.74, 6) is 0.132. The molecule has 0 saturated heterocycles. The zero-order chi connectivity index (χ0) is 17.0. The minimum Gasteiger partial charge on any atom is -0.497 e. The van der Waals surface area contributed by atoms with Crippen molar-refractivity contribution >= 4 is 27.8 Å². The molecule has 1 aromatic heterocycles. The highest BCUT2D eigenvalue weighted by Crippen LogP contribution is 2.23. The van der Waals surface area contributed by atoms with E-state index >= 15 is 0 Å². The van der Waals surface area contributed by atoms with Gasteiger partial charge < -0.3 is 19.6 Å². The normalized spacial score (nSPS) is 10.4. The molecule has 2 rings (SSSR count). The zero-order valence-corrected chi connectivity index (χ0v) is 14.3. The van der Waals surface area contributed by atoms with Crippen molar-refractivity contribution in [1.29, 1.82) is 0 Å². The van der Waals surface area contributed by atoms with Crippen molar-refractivity contribution in [2.24, 2.45) is 0 Å². The molecule has 0 atom stereocenters. The van der Waals surface area contributed by atoms with Crippen molar-refractivity contribution in [3.63, 3.8) is 0 Å². The fourth-order valence-electron chi connectivity index (χ4n) is 2.08. The summed E-state index contributed by atoms with van der Waals surface area (Å²) in [4.78, 5) is 23.0. The molecule has 122 valence electrons. The van der Waals surface area contributed by atoms with Gasteiger partial charge in [-0.25, -0.2) is 4.79 Å². The Balaban J connectivity index is 1.98. The van der Waals surface area contributed by atoms with Crippen molar-refractivity contribution in [2.45, 2.75) is 19.9 Å². The van der Waals surface area contributed by atoms with Gasteiger partial charge in [-0.3, -0.25) is 4.79 Å². The maximum Gasteiger partial charge on any atom is 0.339 e. The van der Waals surface area contributed by atoms with Crippen LogP contribution in [0.4, 0.5) is 0 Å². The summed E-state index contributed by atoms with van der Waals surface area (Å²) in [6.07, 6.45) is 0.170. The first-order chi connectivity index (χ1) is 10.9. The van der Waals surface area contributed by atoms with Gasteiger partial charge in [0.1, 0.15) is 22.8 Å². The van der Waals surface area contributed by atoms with Gasteiger partial charge >= 0.3 is 5.97 Å². The summed E-state index contributed by atoms with van der Waals surface area (Å²) in [6, 6.07) is 6.81. The second kappa shape index (κ2) is 7.32. The van der Waals surface area contributed by atoms with Crippen LogP contribution in [0, 0.1) is 6.92 Å². The number of nitrogens with one attached hydrogen (secondary N) is 1. The quantitative estimate of drug-likeness (QED) is 0.802. The standard InChI is InChI=1S/C16H16BrNO5/c1-9-13(16(20)21)7-12(23-9)8-18-15(19)6-10-5-11(22-2)3-4-14(10)17/h3-5,7H,6,8H2,1-2H3,(H,18,19)(H,20,21). The van der Waals surface area contributed by atoms with Gasteiger partial charge in [-0.15, -0.1) is 0 Å². The van der Waals surface area contributed by atoms with Gasteiger partial charge in [-0.2, -0.15) is 0 Å². The van der Waals surface area contributed by atoms with Gasteiger partial charge in [0.05, 0.1) is 20.1 Å². The van der Waals surface area contributed by atoms with E-state index in [1.165, 1.54) is 6.07 Å². The Kier molecular flexibility index (Phi) is 5.44. The Hall–Kier alpha value is -2.28. The lowest BCUT2D eigenvalue weighted by Crippen LogP contribution is -2.24. The van der Waals surface area contributed by atoms with E-state index in [2.05, 4.69) is 21.2 Å². The molecule has 0 saturated carbocycles. The molecule has 2 N–H and O–H groups in total. The third kappa shape index (κ3) is 4.35. The van der Waals surface area contributed by atoms with Gasteiger partial charge in [0.15, 0.2) is 0 Å². The number of carbonyl (C=O) groups excluding carboxylic acids is 1. The maximum atomic E-state index is 12.0. The van der Waals surface area contributed by atoms with E-state index < -0.39 is 5.97 Å². The molecule has 1 aromatic carbocycles. The maximum absolute atomic E-state index is 12.0. The van der Waals surface area contributed by atoms with Gasteiger partial charge in [0, 0.05) is 4.47 Å². The van der Waals surface area contributed by atoms with Crippen LogP contribution < -0.4 is 10.1 Å². The summed E-state index contributed by atoms with van der Waals surface area (Å²) in [7, 11) is 1.56. The number of aryl methyl sites for hydroxylation is 1. The Bertz CT molecular complexity index is 738. The predicted molar refractivity (Wildman–Crippen MR) is 86.6 cm³/mol. The summed E-state index contributed by atoms with van der Waals surface area (Å²) in [5.41, 5.74) is 0.897. The van der Waals surface area contributed by atoms with Crippen LogP contribution >= 0.6 is 15.9 Å². The molecular weight excluding hydrogens is 366 g/mol. The number of amides is 1. The Labute approximate surface area is 141 Å². The van der Waals surface area contributed by atoms with Crippen molar-refractivity contribution in [1.82, 2.24) is 5.32 Å². The molecule has 0 spiro atoms. The monoisotopic (exact) mass is 381 g/mol. The van der Waals surface area contributed by atoms with Crippen molar-refractivity contribution in [3.8, 4) is 5.75 Å². The summed E-state index contributed by atoms with van der Waals surface area (Å²) < 4.78 is 11.3. The molecule has 0 aliphatic heterocycles. The Morgan fingerprint density at radius 1 is 1.35 bits per heavy atom. The largest absolute Gasteiger partial charge is 0.497 e. The lowest BCUT2D eigenvalue weighted by molar-refractivity contribution is -0.120. The van der Waals surface area contributed by atoms with E-state index in [0.717, 1.165) is 10.0 Å². The number of carboxylic acids is 1. The van der Waals surface area contributed by atoms with Crippen LogP contribution in [0.1, 0.15) is 27.4 Å². The molecule has 1 heterocycles. The molecule has 0 aliphatic rings. The molecular formula is C16H16BrNO5. The van der Waals surface area contributed by atoms with Crippen molar-refractivity contribution < 1.29 is 23.8 Å². The summed E-state index contributed by atoms with van der Waals surface area (Å²) in [5, 5.41) is 11.7. The van der Waals surface area contributed by atoms with Gasteiger partial charge in [-0.1, -0.05) is 15.9 Å². The van der Waals surface area contributed by atoms with Crippen molar-refractivity contribution in [3.05, 3.63) is 51.4 Å². The zero-order valence-electron chi connectivity index (χ0n) is 12.7. The molecule has 6 nitrogen and oxygen atoms in total. The van der Waals surface area contributed by atoms with Crippen LogP contribution in [0.15, 0.2) is 33.2 Å². The van der Waals surface area contributed by atoms with Crippen LogP contribution in [0.3, 0.4) is 0 Å². The number of methoxy groups -OCH3 is 1. The molecule has 0 bridgehead atoms. The van der Waals surface area contributed by atoms with Gasteiger partial charge in [0.25, 0.3) is 0 Å². The highest BCUT2D eigenvalue weighted by atomic mass is 79.9. The smallest absolute Gasteiger partial charge is 0.339 e. The molecule has 2 aromatic rings. The summed E-state index contributed by atoms with van der Waals surface area (Å²) >= 11 is 3.39. The molecule has 0 radical (unpaired) electrons. The molecule has 0 aliphatic carbocycles. The first-order valence-corrected chi connectivity index (χ1v) is 7.61. The molecule has 1 amide bonds. The number of hydrogen-bond acceptors (Lipinski definition) is 4. The van der Waals surface area contributed by atoms with E-state index in [1.54, 1.807) is 26.2 Å². The number of carbonyl (C=O) groups is 2. The second-order valence-electron chi connectivity index (χ2n) is 4.90. The third-order valence-corrected chi connectivity index (χ3v) is 4.04. The average molecular weight is 382 g/mol.